The molecule has 0 aliphatic carbocycles. The molecule has 0 amide bonds. The van der Waals surface area contributed by atoms with E-state index in [9.17, 15) is 5.11 Å². The molecule has 1 aliphatic rings. The summed E-state index contributed by atoms with van der Waals surface area (Å²) in [5, 5.41) is 17.8. The van der Waals surface area contributed by atoms with Crippen molar-refractivity contribution in [2.75, 3.05) is 39.1 Å². The molecule has 0 radical (unpaired) electrons. The molecule has 1 fully saturated rings. The van der Waals surface area contributed by atoms with Crippen molar-refractivity contribution in [1.82, 2.24) is 20.0 Å². The van der Waals surface area contributed by atoms with Crippen LogP contribution in [0.1, 0.15) is 17.7 Å². The number of hydrogen-bond acceptors (Lipinski definition) is 5. The molecule has 0 bridgehead atoms. The van der Waals surface area contributed by atoms with Gasteiger partial charge in [0.15, 0.2) is 0 Å². The average molecular weight is 281 g/mol. The van der Waals surface area contributed by atoms with Crippen LogP contribution in [0.4, 0.5) is 5.82 Å². The van der Waals surface area contributed by atoms with Crippen LogP contribution in [0.25, 0.3) is 0 Å². The van der Waals surface area contributed by atoms with E-state index < -0.39 is 0 Å². The molecule has 1 saturated heterocycles. The van der Waals surface area contributed by atoms with Gasteiger partial charge in [-0.1, -0.05) is 0 Å². The van der Waals surface area contributed by atoms with E-state index in [-0.39, 0.29) is 6.10 Å². The van der Waals surface area contributed by atoms with E-state index in [1.165, 1.54) is 5.56 Å². The molecule has 2 heterocycles. The Labute approximate surface area is 121 Å². The Kier molecular flexibility index (Phi) is 4.67. The number of nitrogens with one attached hydrogen (secondary N) is 1. The Morgan fingerprint density at radius 1 is 1.45 bits per heavy atom. The summed E-state index contributed by atoms with van der Waals surface area (Å²) in [7, 11) is 8.09. The first-order valence-electron chi connectivity index (χ1n) is 7.20. The molecule has 2 rings (SSSR count). The first-order valence-corrected chi connectivity index (χ1v) is 7.20. The van der Waals surface area contributed by atoms with E-state index in [4.69, 9.17) is 0 Å². The third-order valence-electron chi connectivity index (χ3n) is 3.91. The topological polar surface area (TPSA) is 56.6 Å². The lowest BCUT2D eigenvalue weighted by Crippen LogP contribution is -2.39. The molecule has 6 heteroatoms. The van der Waals surface area contributed by atoms with Gasteiger partial charge in [0.2, 0.25) is 0 Å². The molecular formula is C14H27N5O. The fraction of sp³-hybridized carbons (Fsp3) is 0.786. The minimum Gasteiger partial charge on any atom is -0.391 e. The summed E-state index contributed by atoms with van der Waals surface area (Å²) < 4.78 is 1.95. The highest BCUT2D eigenvalue weighted by Crippen LogP contribution is 2.30. The predicted molar refractivity (Wildman–Crippen MR) is 81.0 cm³/mol. The van der Waals surface area contributed by atoms with Crippen LogP contribution in [0, 0.1) is 6.92 Å². The van der Waals surface area contributed by atoms with Crippen molar-refractivity contribution in [2.45, 2.75) is 32.0 Å². The van der Waals surface area contributed by atoms with Crippen LogP contribution in [-0.4, -0.2) is 66.2 Å². The van der Waals surface area contributed by atoms with Crippen LogP contribution in [0.3, 0.4) is 0 Å². The second-order valence-electron chi connectivity index (χ2n) is 6.00. The lowest BCUT2D eigenvalue weighted by molar-refractivity contribution is 0.191. The Morgan fingerprint density at radius 2 is 2.15 bits per heavy atom. The van der Waals surface area contributed by atoms with Crippen LogP contribution in [0.2, 0.25) is 0 Å². The van der Waals surface area contributed by atoms with Crippen molar-refractivity contribution >= 4 is 5.82 Å². The van der Waals surface area contributed by atoms with Gasteiger partial charge in [0.05, 0.1) is 11.8 Å². The molecule has 2 unspecified atom stereocenters. The summed E-state index contributed by atoms with van der Waals surface area (Å²) in [6.07, 6.45) is 0.569. The van der Waals surface area contributed by atoms with Crippen LogP contribution in [0.15, 0.2) is 0 Å². The molecule has 1 aliphatic heterocycles. The molecule has 6 nitrogen and oxygen atoms in total. The highest BCUT2D eigenvalue weighted by Gasteiger charge is 2.34. The number of β-amino-alcohol motifs (C(OH)–C–C–N with tert-alkyl or cyclic N) is 1. The van der Waals surface area contributed by atoms with Gasteiger partial charge in [0.1, 0.15) is 5.82 Å². The molecular weight excluding hydrogens is 254 g/mol. The summed E-state index contributed by atoms with van der Waals surface area (Å²) in [5.41, 5.74) is 2.29. The maximum atomic E-state index is 10.1. The van der Waals surface area contributed by atoms with E-state index in [0.29, 0.717) is 12.6 Å². The standard InChI is InChI=1S/C14H27N5O/c1-10-13(7-15-2)14(18(5)16-10)19-9-12(20)6-11(19)8-17(3)4/h11-12,15,20H,6-9H2,1-5H3. The molecule has 2 N–H and O–H groups in total. The van der Waals surface area contributed by atoms with Gasteiger partial charge in [0, 0.05) is 38.3 Å². The maximum absolute atomic E-state index is 10.1. The Bertz CT molecular complexity index is 457. The fourth-order valence-corrected chi connectivity index (χ4v) is 3.18. The summed E-state index contributed by atoms with van der Waals surface area (Å²) in [5.74, 6) is 1.14. The zero-order chi connectivity index (χ0) is 14.9. The number of aromatic nitrogens is 2. The highest BCUT2D eigenvalue weighted by atomic mass is 16.3. The third kappa shape index (κ3) is 2.97. The second-order valence-corrected chi connectivity index (χ2v) is 6.00. The Hall–Kier alpha value is -1.11. The van der Waals surface area contributed by atoms with Gasteiger partial charge >= 0.3 is 0 Å². The number of anilines is 1. The Balaban J connectivity index is 2.33. The van der Waals surface area contributed by atoms with Crippen LogP contribution in [-0.2, 0) is 13.6 Å². The van der Waals surface area contributed by atoms with Crippen molar-refractivity contribution < 1.29 is 5.11 Å². The lowest BCUT2D eigenvalue weighted by Gasteiger charge is -2.29. The molecule has 0 spiro atoms. The lowest BCUT2D eigenvalue weighted by atomic mass is 10.1. The van der Waals surface area contributed by atoms with Crippen molar-refractivity contribution in [3.8, 4) is 0 Å². The molecule has 1 aromatic rings. The van der Waals surface area contributed by atoms with E-state index in [1.54, 1.807) is 0 Å². The summed E-state index contributed by atoms with van der Waals surface area (Å²) in [6.45, 7) is 4.48. The van der Waals surface area contributed by atoms with Crippen LogP contribution >= 0.6 is 0 Å². The zero-order valence-electron chi connectivity index (χ0n) is 13.2. The van der Waals surface area contributed by atoms with Gasteiger partial charge in [-0.05, 0) is 34.5 Å². The van der Waals surface area contributed by atoms with Gasteiger partial charge in [-0.25, -0.2) is 0 Å². The minimum atomic E-state index is -0.252. The molecule has 2 atom stereocenters. The highest BCUT2D eigenvalue weighted by molar-refractivity contribution is 5.52. The van der Waals surface area contributed by atoms with Crippen molar-refractivity contribution in [3.05, 3.63) is 11.3 Å². The molecule has 0 aromatic carbocycles. The molecule has 20 heavy (non-hydrogen) atoms. The van der Waals surface area contributed by atoms with E-state index >= 15 is 0 Å². The average Bonchev–Trinajstić information content (AvgIpc) is 2.80. The van der Waals surface area contributed by atoms with Crippen LogP contribution < -0.4 is 10.2 Å². The van der Waals surface area contributed by atoms with Crippen molar-refractivity contribution in [3.63, 3.8) is 0 Å². The summed E-state index contributed by atoms with van der Waals surface area (Å²) >= 11 is 0. The summed E-state index contributed by atoms with van der Waals surface area (Å²) in [6, 6.07) is 0.338. The molecule has 1 aromatic heterocycles. The second kappa shape index (κ2) is 6.11. The van der Waals surface area contributed by atoms with Crippen molar-refractivity contribution in [2.24, 2.45) is 7.05 Å². The fourth-order valence-electron chi connectivity index (χ4n) is 3.18. The van der Waals surface area contributed by atoms with E-state index in [1.807, 2.05) is 25.7 Å². The van der Waals surface area contributed by atoms with E-state index in [0.717, 1.165) is 31.0 Å². The number of likely N-dealkylation sites (N-methyl/N-ethyl adjacent to an activating group) is 1. The summed E-state index contributed by atoms with van der Waals surface area (Å²) in [4.78, 5) is 4.49. The van der Waals surface area contributed by atoms with Gasteiger partial charge < -0.3 is 20.2 Å². The smallest absolute Gasteiger partial charge is 0.131 e. The van der Waals surface area contributed by atoms with Gasteiger partial charge in [-0.2, -0.15) is 5.10 Å². The minimum absolute atomic E-state index is 0.252. The quantitative estimate of drug-likeness (QED) is 0.792. The van der Waals surface area contributed by atoms with Crippen molar-refractivity contribution in [1.29, 1.82) is 0 Å². The predicted octanol–water partition coefficient (Wildman–Crippen LogP) is -0.0509. The maximum Gasteiger partial charge on any atom is 0.131 e. The van der Waals surface area contributed by atoms with Gasteiger partial charge in [-0.3, -0.25) is 4.68 Å². The Morgan fingerprint density at radius 3 is 2.75 bits per heavy atom. The zero-order valence-corrected chi connectivity index (χ0v) is 13.2. The number of aliphatic hydroxyl groups is 1. The SMILES string of the molecule is CNCc1c(C)nn(C)c1N1CC(O)CC1CN(C)C. The van der Waals surface area contributed by atoms with Gasteiger partial charge in [0.25, 0.3) is 0 Å². The molecule has 114 valence electrons. The number of hydrogen-bond donors (Lipinski definition) is 2. The monoisotopic (exact) mass is 281 g/mol. The number of aliphatic hydroxyl groups excluding tert-OH is 1. The first kappa shape index (κ1) is 15.3. The van der Waals surface area contributed by atoms with E-state index in [2.05, 4.69) is 34.3 Å². The third-order valence-corrected chi connectivity index (χ3v) is 3.91. The largest absolute Gasteiger partial charge is 0.391 e. The first-order chi connectivity index (χ1) is 9.43. The van der Waals surface area contributed by atoms with Crippen LogP contribution in [0.5, 0.6) is 0 Å². The van der Waals surface area contributed by atoms with Gasteiger partial charge in [-0.15, -0.1) is 0 Å². The number of nitrogens with zero attached hydrogens (tertiary/aromatic N) is 4. The number of rotatable bonds is 5. The molecule has 0 saturated carbocycles. The number of aryl methyl sites for hydroxylation is 2. The normalized spacial score (nSPS) is 23.1.